The lowest BCUT2D eigenvalue weighted by Gasteiger charge is -2.30. The fourth-order valence-electron chi connectivity index (χ4n) is 2.79. The quantitative estimate of drug-likeness (QED) is 0.735. The van der Waals surface area contributed by atoms with E-state index in [4.69, 9.17) is 0 Å². The van der Waals surface area contributed by atoms with Gasteiger partial charge in [-0.2, -0.15) is 5.10 Å². The topological polar surface area (TPSA) is 82.4 Å². The van der Waals surface area contributed by atoms with Crippen LogP contribution >= 0.6 is 0 Å². The van der Waals surface area contributed by atoms with Gasteiger partial charge in [-0.15, -0.1) is 0 Å². The summed E-state index contributed by atoms with van der Waals surface area (Å²) < 4.78 is 1.81. The largest absolute Gasteiger partial charge is 0.396 e. The number of nitrogens with one attached hydrogen (secondary N) is 2. The number of nitrogens with zero attached hydrogens (tertiary/aromatic N) is 3. The molecule has 7 nitrogen and oxygen atoms in total. The van der Waals surface area contributed by atoms with Crippen molar-refractivity contribution >= 4 is 11.8 Å². The van der Waals surface area contributed by atoms with Crippen molar-refractivity contribution in [3.63, 3.8) is 0 Å². The zero-order valence-electron chi connectivity index (χ0n) is 13.5. The zero-order chi connectivity index (χ0) is 15.9. The van der Waals surface area contributed by atoms with E-state index in [0.29, 0.717) is 5.82 Å². The van der Waals surface area contributed by atoms with E-state index in [9.17, 15) is 9.90 Å². The first-order chi connectivity index (χ1) is 10.6. The highest BCUT2D eigenvalue weighted by Gasteiger charge is 2.25. The van der Waals surface area contributed by atoms with Crippen LogP contribution in [0.4, 0.5) is 10.6 Å². The number of aliphatic hydroxyl groups excluding tert-OH is 1. The second-order valence-corrected chi connectivity index (χ2v) is 6.20. The van der Waals surface area contributed by atoms with E-state index in [-0.39, 0.29) is 24.6 Å². The van der Waals surface area contributed by atoms with Crippen molar-refractivity contribution in [3.8, 4) is 0 Å². The van der Waals surface area contributed by atoms with Crippen molar-refractivity contribution < 1.29 is 9.90 Å². The highest BCUT2D eigenvalue weighted by atomic mass is 16.3. The van der Waals surface area contributed by atoms with E-state index in [1.807, 2.05) is 25.0 Å². The molecule has 0 saturated heterocycles. The molecule has 0 aromatic carbocycles. The third kappa shape index (κ3) is 4.99. The molecule has 1 aliphatic rings. The van der Waals surface area contributed by atoms with Crippen LogP contribution in [0.1, 0.15) is 25.7 Å². The number of carbonyl (C=O) groups is 1. The second-order valence-electron chi connectivity index (χ2n) is 6.20. The molecule has 2 unspecified atom stereocenters. The van der Waals surface area contributed by atoms with Gasteiger partial charge in [-0.25, -0.2) is 4.79 Å². The predicted octanol–water partition coefficient (Wildman–Crippen LogP) is 1.12. The standard InChI is InChI=1S/C15H27N5O2/c1-19(2)9-10-20-8-7-14(18-20)17-15(22)16-13-6-4-3-5-12(13)11-21/h7-8,12-13,21H,3-6,9-11H2,1-2H3,(H2,16,17,18,22). The van der Waals surface area contributed by atoms with Crippen LogP contribution in [0.3, 0.4) is 0 Å². The highest BCUT2D eigenvalue weighted by molar-refractivity contribution is 5.88. The number of aliphatic hydroxyl groups is 1. The van der Waals surface area contributed by atoms with Gasteiger partial charge in [0.1, 0.15) is 0 Å². The average Bonchev–Trinajstić information content (AvgIpc) is 2.93. The lowest BCUT2D eigenvalue weighted by molar-refractivity contribution is 0.156. The summed E-state index contributed by atoms with van der Waals surface area (Å²) in [7, 11) is 4.02. The summed E-state index contributed by atoms with van der Waals surface area (Å²) in [5.41, 5.74) is 0. The Morgan fingerprint density at radius 1 is 1.45 bits per heavy atom. The Hall–Kier alpha value is -1.60. The minimum atomic E-state index is -0.247. The lowest BCUT2D eigenvalue weighted by atomic mass is 9.85. The molecule has 2 rings (SSSR count). The van der Waals surface area contributed by atoms with Gasteiger partial charge < -0.3 is 15.3 Å². The highest BCUT2D eigenvalue weighted by Crippen LogP contribution is 2.23. The number of aromatic nitrogens is 2. The van der Waals surface area contributed by atoms with Gasteiger partial charge >= 0.3 is 6.03 Å². The maximum absolute atomic E-state index is 12.1. The van der Waals surface area contributed by atoms with Crippen molar-refractivity contribution in [2.24, 2.45) is 5.92 Å². The summed E-state index contributed by atoms with van der Waals surface area (Å²) in [6, 6.07) is 1.59. The molecular formula is C15H27N5O2. The van der Waals surface area contributed by atoms with Gasteiger partial charge in [0, 0.05) is 37.4 Å². The van der Waals surface area contributed by atoms with Crippen LogP contribution in [0.25, 0.3) is 0 Å². The van der Waals surface area contributed by atoms with E-state index >= 15 is 0 Å². The molecule has 0 radical (unpaired) electrons. The molecule has 0 spiro atoms. The number of likely N-dealkylation sites (N-methyl/N-ethyl adjacent to an activating group) is 1. The number of anilines is 1. The Labute approximate surface area is 131 Å². The molecule has 124 valence electrons. The number of rotatable bonds is 6. The van der Waals surface area contributed by atoms with Crippen LogP contribution in [0.5, 0.6) is 0 Å². The lowest BCUT2D eigenvalue weighted by Crippen LogP contribution is -2.45. The first-order valence-corrected chi connectivity index (χ1v) is 7.95. The van der Waals surface area contributed by atoms with Crippen LogP contribution in [0.2, 0.25) is 0 Å². The molecular weight excluding hydrogens is 282 g/mol. The van der Waals surface area contributed by atoms with Gasteiger partial charge in [0.2, 0.25) is 0 Å². The average molecular weight is 309 g/mol. The molecule has 0 bridgehead atoms. The van der Waals surface area contributed by atoms with Gasteiger partial charge in [0.25, 0.3) is 0 Å². The summed E-state index contributed by atoms with van der Waals surface area (Å²) >= 11 is 0. The Bertz CT molecular complexity index is 474. The second kappa shape index (κ2) is 8.14. The van der Waals surface area contributed by atoms with Crippen molar-refractivity contribution in [1.82, 2.24) is 20.0 Å². The molecule has 1 aromatic heterocycles. The number of hydrogen-bond acceptors (Lipinski definition) is 4. The first-order valence-electron chi connectivity index (χ1n) is 7.95. The van der Waals surface area contributed by atoms with Crippen LogP contribution in [-0.2, 0) is 6.54 Å². The number of amides is 2. The van der Waals surface area contributed by atoms with Gasteiger partial charge in [-0.1, -0.05) is 12.8 Å². The maximum atomic E-state index is 12.1. The Morgan fingerprint density at radius 2 is 2.23 bits per heavy atom. The minimum Gasteiger partial charge on any atom is -0.396 e. The fraction of sp³-hybridized carbons (Fsp3) is 0.733. The van der Waals surface area contributed by atoms with Crippen molar-refractivity contribution in [1.29, 1.82) is 0 Å². The molecule has 1 aromatic rings. The number of hydrogen-bond donors (Lipinski definition) is 3. The van der Waals surface area contributed by atoms with Crippen molar-refractivity contribution in [2.45, 2.75) is 38.3 Å². The summed E-state index contributed by atoms with van der Waals surface area (Å²) in [5.74, 6) is 0.713. The molecule has 2 amide bonds. The monoisotopic (exact) mass is 309 g/mol. The first kappa shape index (κ1) is 16.8. The van der Waals surface area contributed by atoms with E-state index < -0.39 is 0 Å². The number of carbonyl (C=O) groups excluding carboxylic acids is 1. The molecule has 1 heterocycles. The maximum Gasteiger partial charge on any atom is 0.320 e. The van der Waals surface area contributed by atoms with Crippen LogP contribution < -0.4 is 10.6 Å². The molecule has 0 aliphatic heterocycles. The van der Waals surface area contributed by atoms with Crippen LogP contribution in [0.15, 0.2) is 12.3 Å². The third-order valence-electron chi connectivity index (χ3n) is 4.12. The van der Waals surface area contributed by atoms with Gasteiger partial charge in [-0.05, 0) is 26.9 Å². The minimum absolute atomic E-state index is 0.0505. The van der Waals surface area contributed by atoms with Crippen LogP contribution in [0, 0.1) is 5.92 Å². The summed E-state index contributed by atoms with van der Waals surface area (Å²) in [6.45, 7) is 1.81. The Morgan fingerprint density at radius 3 is 2.95 bits per heavy atom. The molecule has 22 heavy (non-hydrogen) atoms. The van der Waals surface area contributed by atoms with Crippen molar-refractivity contribution in [3.05, 3.63) is 12.3 Å². The SMILES string of the molecule is CN(C)CCn1ccc(NC(=O)NC2CCCCC2CO)n1. The molecule has 1 aliphatic carbocycles. The van der Waals surface area contributed by atoms with E-state index in [1.54, 1.807) is 6.07 Å². The summed E-state index contributed by atoms with van der Waals surface area (Å²) in [6.07, 6.45) is 5.98. The van der Waals surface area contributed by atoms with E-state index in [1.165, 1.54) is 0 Å². The fourth-order valence-corrected chi connectivity index (χ4v) is 2.79. The Balaban J connectivity index is 1.81. The number of urea groups is 1. The molecule has 2 atom stereocenters. The normalized spacial score (nSPS) is 21.8. The van der Waals surface area contributed by atoms with E-state index in [0.717, 1.165) is 38.8 Å². The van der Waals surface area contributed by atoms with Gasteiger partial charge in [0.15, 0.2) is 5.82 Å². The molecule has 7 heteroatoms. The van der Waals surface area contributed by atoms with Gasteiger partial charge in [0.05, 0.1) is 6.54 Å². The molecule has 3 N–H and O–H groups in total. The van der Waals surface area contributed by atoms with Crippen LogP contribution in [-0.4, -0.2) is 59.1 Å². The molecule has 1 fully saturated rings. The van der Waals surface area contributed by atoms with Gasteiger partial charge in [-0.3, -0.25) is 10.00 Å². The third-order valence-corrected chi connectivity index (χ3v) is 4.12. The van der Waals surface area contributed by atoms with E-state index in [2.05, 4.69) is 20.6 Å². The van der Waals surface area contributed by atoms with Crippen molar-refractivity contribution in [2.75, 3.05) is 32.6 Å². The molecule has 1 saturated carbocycles. The zero-order valence-corrected chi connectivity index (χ0v) is 13.5. The Kier molecular flexibility index (Phi) is 6.21. The predicted molar refractivity (Wildman–Crippen MR) is 85.8 cm³/mol. The summed E-state index contributed by atoms with van der Waals surface area (Å²) in [4.78, 5) is 14.1. The smallest absolute Gasteiger partial charge is 0.320 e. The summed E-state index contributed by atoms with van der Waals surface area (Å²) in [5, 5.41) is 19.4.